The average Bonchev–Trinajstić information content (AvgIpc) is 2.28. The highest BCUT2D eigenvalue weighted by molar-refractivity contribution is 9.10. The number of carbonyl (C=O) groups is 1. The molecule has 1 aromatic rings. The Bertz CT molecular complexity index is 462. The molecule has 1 aromatic carbocycles. The maximum Gasteiger partial charge on any atom is 0.285 e. The van der Waals surface area contributed by atoms with Gasteiger partial charge in [-0.05, 0) is 41.4 Å². The number of nitro benzene ring substituents is 1. The number of nitrogens with one attached hydrogen (secondary N) is 1. The summed E-state index contributed by atoms with van der Waals surface area (Å²) >= 11 is 3.06. The molecule has 18 heavy (non-hydrogen) atoms. The molecular weight excluding hydrogens is 304 g/mol. The van der Waals surface area contributed by atoms with E-state index in [2.05, 4.69) is 21.2 Å². The third kappa shape index (κ3) is 4.42. The largest absolute Gasteiger partial charge is 0.393 e. The highest BCUT2D eigenvalue weighted by Gasteiger charge is 2.13. The molecule has 0 aliphatic heterocycles. The number of hydrogen-bond acceptors (Lipinski definition) is 4. The monoisotopic (exact) mass is 316 g/mol. The molecule has 7 heteroatoms. The Labute approximate surface area is 112 Å². The Morgan fingerprint density at radius 3 is 2.83 bits per heavy atom. The molecule has 1 atom stereocenters. The van der Waals surface area contributed by atoms with E-state index in [1.165, 1.54) is 12.1 Å². The predicted octanol–water partition coefficient (Wildman–Crippen LogP) is 2.46. The van der Waals surface area contributed by atoms with Crippen LogP contribution in [0.1, 0.15) is 19.8 Å². The molecule has 98 valence electrons. The lowest BCUT2D eigenvalue weighted by atomic mass is 10.2. The molecule has 0 heterocycles. The van der Waals surface area contributed by atoms with Crippen molar-refractivity contribution in [3.05, 3.63) is 32.8 Å². The van der Waals surface area contributed by atoms with Gasteiger partial charge in [-0.3, -0.25) is 14.9 Å². The zero-order chi connectivity index (χ0) is 13.7. The van der Waals surface area contributed by atoms with Crippen LogP contribution in [-0.4, -0.2) is 22.0 Å². The predicted molar refractivity (Wildman–Crippen MR) is 70.3 cm³/mol. The first-order valence-electron chi connectivity index (χ1n) is 5.32. The number of halogens is 1. The second-order valence-electron chi connectivity index (χ2n) is 3.86. The first-order valence-corrected chi connectivity index (χ1v) is 6.11. The molecule has 0 fully saturated rings. The van der Waals surface area contributed by atoms with Crippen molar-refractivity contribution >= 4 is 33.2 Å². The Morgan fingerprint density at radius 2 is 2.28 bits per heavy atom. The highest BCUT2D eigenvalue weighted by Crippen LogP contribution is 2.27. The zero-order valence-corrected chi connectivity index (χ0v) is 11.3. The van der Waals surface area contributed by atoms with Crippen molar-refractivity contribution in [2.45, 2.75) is 25.9 Å². The number of anilines is 1. The Hall–Kier alpha value is -1.47. The summed E-state index contributed by atoms with van der Waals surface area (Å²) in [6.07, 6.45) is -0.0265. The van der Waals surface area contributed by atoms with Crippen LogP contribution in [-0.2, 0) is 4.79 Å². The van der Waals surface area contributed by atoms with Crippen molar-refractivity contribution in [2.75, 3.05) is 5.32 Å². The van der Waals surface area contributed by atoms with Crippen LogP contribution < -0.4 is 5.32 Å². The first kappa shape index (κ1) is 14.6. The smallest absolute Gasteiger partial charge is 0.285 e. The maximum absolute atomic E-state index is 11.5. The molecule has 1 unspecified atom stereocenters. The lowest BCUT2D eigenvalue weighted by molar-refractivity contribution is -0.385. The van der Waals surface area contributed by atoms with Crippen molar-refractivity contribution in [2.24, 2.45) is 0 Å². The van der Waals surface area contributed by atoms with Crippen LogP contribution in [0.2, 0.25) is 0 Å². The van der Waals surface area contributed by atoms with Gasteiger partial charge in [-0.2, -0.15) is 0 Å². The number of aliphatic hydroxyl groups excluding tert-OH is 1. The highest BCUT2D eigenvalue weighted by atomic mass is 79.9. The van der Waals surface area contributed by atoms with Gasteiger partial charge >= 0.3 is 0 Å². The third-order valence-electron chi connectivity index (χ3n) is 2.22. The van der Waals surface area contributed by atoms with E-state index in [1.54, 1.807) is 13.0 Å². The summed E-state index contributed by atoms with van der Waals surface area (Å²) in [5.74, 6) is -0.285. The summed E-state index contributed by atoms with van der Waals surface area (Å²) in [5, 5.41) is 22.3. The van der Waals surface area contributed by atoms with Gasteiger partial charge in [0.2, 0.25) is 5.91 Å². The molecule has 0 aliphatic rings. The van der Waals surface area contributed by atoms with E-state index >= 15 is 0 Å². The molecule has 2 N–H and O–H groups in total. The van der Waals surface area contributed by atoms with Crippen LogP contribution in [0.3, 0.4) is 0 Å². The van der Waals surface area contributed by atoms with E-state index in [-0.39, 0.29) is 18.0 Å². The van der Waals surface area contributed by atoms with E-state index < -0.39 is 11.0 Å². The van der Waals surface area contributed by atoms with Gasteiger partial charge < -0.3 is 10.4 Å². The zero-order valence-electron chi connectivity index (χ0n) is 9.72. The number of nitrogens with zero attached hydrogens (tertiary/aromatic N) is 1. The fraction of sp³-hybridized carbons (Fsp3) is 0.364. The summed E-state index contributed by atoms with van der Waals surface area (Å²) in [6, 6.07) is 4.35. The Kier molecular flexibility index (Phi) is 5.24. The van der Waals surface area contributed by atoms with E-state index in [0.29, 0.717) is 16.6 Å². The third-order valence-corrected chi connectivity index (χ3v) is 2.89. The molecular formula is C11H13BrN2O4. The van der Waals surface area contributed by atoms with Crippen LogP contribution in [0.5, 0.6) is 0 Å². The number of benzene rings is 1. The van der Waals surface area contributed by atoms with Gasteiger partial charge in [-0.25, -0.2) is 0 Å². The second-order valence-corrected chi connectivity index (χ2v) is 4.71. The minimum absolute atomic E-state index is 0.108. The summed E-state index contributed by atoms with van der Waals surface area (Å²) in [4.78, 5) is 21.7. The quantitative estimate of drug-likeness (QED) is 0.644. The minimum Gasteiger partial charge on any atom is -0.393 e. The summed E-state index contributed by atoms with van der Waals surface area (Å²) in [6.45, 7) is 1.59. The molecule has 1 amide bonds. The van der Waals surface area contributed by atoms with Crippen molar-refractivity contribution in [3.63, 3.8) is 0 Å². The fourth-order valence-corrected chi connectivity index (χ4v) is 1.69. The molecule has 0 saturated carbocycles. The number of rotatable bonds is 5. The van der Waals surface area contributed by atoms with Crippen molar-refractivity contribution < 1.29 is 14.8 Å². The maximum atomic E-state index is 11.5. The average molecular weight is 317 g/mol. The molecule has 6 nitrogen and oxygen atoms in total. The number of aliphatic hydroxyl groups is 1. The number of nitro groups is 1. The van der Waals surface area contributed by atoms with E-state index in [1.807, 2.05) is 0 Å². The topological polar surface area (TPSA) is 92.5 Å². The van der Waals surface area contributed by atoms with Gasteiger partial charge in [-0.15, -0.1) is 0 Å². The van der Waals surface area contributed by atoms with Gasteiger partial charge in [0, 0.05) is 18.2 Å². The summed E-state index contributed by atoms with van der Waals surface area (Å²) in [7, 11) is 0. The molecule has 0 radical (unpaired) electrons. The van der Waals surface area contributed by atoms with E-state index in [9.17, 15) is 14.9 Å². The van der Waals surface area contributed by atoms with Gasteiger partial charge in [-0.1, -0.05) is 0 Å². The van der Waals surface area contributed by atoms with E-state index in [0.717, 1.165) is 0 Å². The van der Waals surface area contributed by atoms with Crippen molar-refractivity contribution in [3.8, 4) is 0 Å². The lowest BCUT2D eigenvalue weighted by Gasteiger charge is -2.06. The Balaban J connectivity index is 2.70. The molecule has 0 aliphatic carbocycles. The molecule has 0 spiro atoms. The van der Waals surface area contributed by atoms with Crippen LogP contribution >= 0.6 is 15.9 Å². The van der Waals surface area contributed by atoms with Crippen LogP contribution in [0.4, 0.5) is 11.4 Å². The van der Waals surface area contributed by atoms with Crippen molar-refractivity contribution in [1.82, 2.24) is 0 Å². The Morgan fingerprint density at radius 1 is 1.61 bits per heavy atom. The minimum atomic E-state index is -0.546. The van der Waals surface area contributed by atoms with Gasteiger partial charge in [0.05, 0.1) is 15.5 Å². The summed E-state index contributed by atoms with van der Waals surface area (Å²) < 4.78 is 0.356. The normalized spacial score (nSPS) is 11.9. The first-order chi connectivity index (χ1) is 8.40. The van der Waals surface area contributed by atoms with Gasteiger partial charge in [0.25, 0.3) is 5.69 Å². The molecule has 0 aromatic heterocycles. The van der Waals surface area contributed by atoms with Crippen LogP contribution in [0.15, 0.2) is 22.7 Å². The number of hydrogen-bond donors (Lipinski definition) is 2. The van der Waals surface area contributed by atoms with E-state index in [4.69, 9.17) is 5.11 Å². The SMILES string of the molecule is CC(O)CCC(=O)Nc1ccc(Br)c([N+](=O)[O-])c1. The number of carbonyl (C=O) groups excluding carboxylic acids is 1. The summed E-state index contributed by atoms with van der Waals surface area (Å²) in [5.41, 5.74) is 0.254. The standard InChI is InChI=1S/C11H13BrN2O4/c1-7(15)2-5-11(16)13-8-3-4-9(12)10(6-8)14(17)18/h3-4,6-7,15H,2,5H2,1H3,(H,13,16). The van der Waals surface area contributed by atoms with Crippen LogP contribution in [0, 0.1) is 10.1 Å². The second kappa shape index (κ2) is 6.46. The van der Waals surface area contributed by atoms with Crippen molar-refractivity contribution in [1.29, 1.82) is 0 Å². The molecule has 0 bridgehead atoms. The number of amides is 1. The van der Waals surface area contributed by atoms with Crippen LogP contribution in [0.25, 0.3) is 0 Å². The molecule has 0 saturated heterocycles. The van der Waals surface area contributed by atoms with Gasteiger partial charge in [0.15, 0.2) is 0 Å². The lowest BCUT2D eigenvalue weighted by Crippen LogP contribution is -2.14. The van der Waals surface area contributed by atoms with Gasteiger partial charge in [0.1, 0.15) is 0 Å². The molecule has 1 rings (SSSR count). The fourth-order valence-electron chi connectivity index (χ4n) is 1.29.